The molecule has 4 aliphatic rings. The molecule has 3 fully saturated rings. The number of amides is 2. The van der Waals surface area contributed by atoms with Crippen molar-refractivity contribution in [2.45, 2.75) is 187 Å². The van der Waals surface area contributed by atoms with E-state index >= 15 is 0 Å². The summed E-state index contributed by atoms with van der Waals surface area (Å²) < 4.78 is 35.8. The molecule has 4 rings (SSSR count). The zero-order valence-corrected chi connectivity index (χ0v) is 39.6. The van der Waals surface area contributed by atoms with Gasteiger partial charge in [0.2, 0.25) is 5.79 Å². The number of allylic oxidation sites excluding steroid dienone is 3. The lowest BCUT2D eigenvalue weighted by molar-refractivity contribution is -0.302. The molecule has 14 atom stereocenters. The second-order valence-corrected chi connectivity index (χ2v) is 18.7. The molecular formula is C48H78N2O13. The number of aliphatic hydroxyl groups is 2. The van der Waals surface area contributed by atoms with Crippen LogP contribution in [0.4, 0.5) is 4.79 Å². The number of fused-ring (bicyclic) bond motifs is 3. The Labute approximate surface area is 375 Å². The van der Waals surface area contributed by atoms with Crippen molar-refractivity contribution < 1.29 is 62.6 Å². The number of cyclic esters (lactones) is 1. The average molecular weight is 891 g/mol. The molecule has 0 aromatic carbocycles. The number of ketones is 2. The highest BCUT2D eigenvalue weighted by Gasteiger charge is 2.56. The van der Waals surface area contributed by atoms with E-state index < -0.39 is 83.9 Å². The Morgan fingerprint density at radius 3 is 2.32 bits per heavy atom. The van der Waals surface area contributed by atoms with E-state index in [4.69, 9.17) is 28.4 Å². The van der Waals surface area contributed by atoms with Gasteiger partial charge >= 0.3 is 12.1 Å². The van der Waals surface area contributed by atoms with Crippen LogP contribution in [0.5, 0.6) is 0 Å². The van der Waals surface area contributed by atoms with Gasteiger partial charge in [-0.2, -0.15) is 0 Å². The summed E-state index contributed by atoms with van der Waals surface area (Å²) in [5, 5.41) is 26.9. The van der Waals surface area contributed by atoms with E-state index in [9.17, 15) is 34.2 Å². The van der Waals surface area contributed by atoms with Crippen molar-refractivity contribution in [2.75, 3.05) is 34.0 Å². The molecule has 3 N–H and O–H groups in total. The van der Waals surface area contributed by atoms with Crippen LogP contribution in [0.3, 0.4) is 0 Å². The van der Waals surface area contributed by atoms with Gasteiger partial charge in [0.05, 0.1) is 37.1 Å². The van der Waals surface area contributed by atoms with Crippen LogP contribution in [-0.2, 0) is 47.6 Å². The van der Waals surface area contributed by atoms with Gasteiger partial charge in [0.1, 0.15) is 24.0 Å². The largest absolute Gasteiger partial charge is 0.456 e. The Kier molecular flexibility index (Phi) is 20.3. The van der Waals surface area contributed by atoms with Crippen molar-refractivity contribution in [3.05, 3.63) is 23.3 Å². The van der Waals surface area contributed by atoms with Gasteiger partial charge in [0.25, 0.3) is 11.7 Å². The molecule has 0 aromatic rings. The number of alkyl carbamates (subject to hydrolysis) is 1. The monoisotopic (exact) mass is 891 g/mol. The molecule has 0 aromatic heterocycles. The molecule has 2 saturated heterocycles. The predicted molar refractivity (Wildman–Crippen MR) is 235 cm³/mol. The van der Waals surface area contributed by atoms with E-state index in [1.807, 2.05) is 39.8 Å². The maximum Gasteiger partial charge on any atom is 0.407 e. The number of ether oxygens (including phenoxy) is 6. The van der Waals surface area contributed by atoms with E-state index in [0.29, 0.717) is 63.5 Å². The highest BCUT2D eigenvalue weighted by molar-refractivity contribution is 6.39. The van der Waals surface area contributed by atoms with Crippen LogP contribution < -0.4 is 5.32 Å². The van der Waals surface area contributed by atoms with Gasteiger partial charge in [-0.25, -0.2) is 9.59 Å². The van der Waals surface area contributed by atoms with Crippen molar-refractivity contribution >= 4 is 29.5 Å². The van der Waals surface area contributed by atoms with Crippen molar-refractivity contribution in [2.24, 2.45) is 29.6 Å². The van der Waals surface area contributed by atoms with Crippen LogP contribution >= 0.6 is 0 Å². The Hall–Kier alpha value is -3.21. The number of aliphatic hydroxyl groups excluding tert-OH is 1. The second-order valence-electron chi connectivity index (χ2n) is 18.7. The predicted octanol–water partition coefficient (Wildman–Crippen LogP) is 6.01. The second kappa shape index (κ2) is 24.4. The van der Waals surface area contributed by atoms with E-state index in [2.05, 4.69) is 12.2 Å². The molecule has 1 aliphatic carbocycles. The number of hydrogen-bond acceptors (Lipinski definition) is 13. The van der Waals surface area contributed by atoms with Gasteiger partial charge in [-0.3, -0.25) is 14.4 Å². The summed E-state index contributed by atoms with van der Waals surface area (Å²) in [4.78, 5) is 70.7. The molecule has 0 radical (unpaired) electrons. The Bertz CT molecular complexity index is 1620. The molecular weight excluding hydrogens is 813 g/mol. The van der Waals surface area contributed by atoms with Crippen LogP contribution in [0, 0.1) is 29.6 Å². The van der Waals surface area contributed by atoms with Gasteiger partial charge in [-0.15, -0.1) is 0 Å². The summed E-state index contributed by atoms with van der Waals surface area (Å²) in [7, 11) is 3.06. The summed E-state index contributed by atoms with van der Waals surface area (Å²) in [6, 6.07) is -1.41. The fourth-order valence-corrected chi connectivity index (χ4v) is 10.1. The number of hydrogen-bond donors (Lipinski definition) is 3. The highest BCUT2D eigenvalue weighted by atomic mass is 16.7. The molecule has 63 heavy (non-hydrogen) atoms. The highest BCUT2D eigenvalue weighted by Crippen LogP contribution is 2.39. The minimum Gasteiger partial charge on any atom is -0.456 e. The van der Waals surface area contributed by atoms with Crippen LogP contribution in [0.25, 0.3) is 0 Å². The molecule has 2 amide bonds. The van der Waals surface area contributed by atoms with E-state index in [1.165, 1.54) is 19.1 Å². The lowest BCUT2D eigenvalue weighted by Gasteiger charge is -2.47. The number of methoxy groups -OCH3 is 2. The first-order chi connectivity index (χ1) is 29.9. The smallest absolute Gasteiger partial charge is 0.407 e. The van der Waals surface area contributed by atoms with E-state index in [0.717, 1.165) is 12.0 Å². The lowest BCUT2D eigenvalue weighted by Crippen LogP contribution is -2.64. The van der Waals surface area contributed by atoms with Gasteiger partial charge in [0.15, 0.2) is 0 Å². The fraction of sp³-hybridized carbons (Fsp3) is 0.812. The number of nitrogens with one attached hydrogen (secondary N) is 1. The number of rotatable bonds is 10. The average Bonchev–Trinajstić information content (AvgIpc) is 3.25. The SMILES string of the molecule is CCCOC1CC(C=C(C)C2OC(=O)C3CCCCN3C(=O)C(=O)C3(O)OC(C(OC)CC(C)CC(C)=CC(CC)C(=O)CC(O)C2C)C(OC)CC3C)CCC1NC(=O)OCC. The van der Waals surface area contributed by atoms with Crippen LogP contribution in [-0.4, -0.2) is 133 Å². The Morgan fingerprint density at radius 2 is 1.67 bits per heavy atom. The maximum atomic E-state index is 14.5. The first-order valence-corrected chi connectivity index (χ1v) is 23.5. The van der Waals surface area contributed by atoms with E-state index in [-0.39, 0.29) is 62.2 Å². The number of nitrogens with zero attached hydrogens (tertiary/aromatic N) is 1. The van der Waals surface area contributed by atoms with Crippen LogP contribution in [0.1, 0.15) is 132 Å². The Morgan fingerprint density at radius 1 is 0.968 bits per heavy atom. The van der Waals surface area contributed by atoms with Crippen molar-refractivity contribution in [3.8, 4) is 0 Å². The van der Waals surface area contributed by atoms with Crippen LogP contribution in [0.15, 0.2) is 23.3 Å². The summed E-state index contributed by atoms with van der Waals surface area (Å²) in [5.41, 5.74) is 1.64. The number of piperidine rings is 1. The first-order valence-electron chi connectivity index (χ1n) is 23.5. The normalized spacial score (nSPS) is 37.3. The van der Waals surface area contributed by atoms with E-state index in [1.54, 1.807) is 20.8 Å². The van der Waals surface area contributed by atoms with Gasteiger partial charge in [-0.1, -0.05) is 52.3 Å². The molecule has 15 nitrogen and oxygen atoms in total. The van der Waals surface area contributed by atoms with Gasteiger partial charge < -0.3 is 48.9 Å². The summed E-state index contributed by atoms with van der Waals surface area (Å²) in [6.07, 6.45) is 4.57. The van der Waals surface area contributed by atoms with Crippen LogP contribution in [0.2, 0.25) is 0 Å². The third kappa shape index (κ3) is 13.4. The first kappa shape index (κ1) is 52.4. The molecule has 3 aliphatic heterocycles. The third-order valence-corrected chi connectivity index (χ3v) is 13.7. The fourth-order valence-electron chi connectivity index (χ4n) is 10.1. The summed E-state index contributed by atoms with van der Waals surface area (Å²) in [5.74, 6) is -7.67. The van der Waals surface area contributed by atoms with Gasteiger partial charge in [0, 0.05) is 51.5 Å². The van der Waals surface area contributed by atoms with Crippen molar-refractivity contribution in [1.82, 2.24) is 10.2 Å². The quantitative estimate of drug-likeness (QED) is 0.131. The minimum absolute atomic E-state index is 0.0227. The zero-order valence-electron chi connectivity index (χ0n) is 39.6. The number of carbonyl (C=O) groups excluding carboxylic acids is 5. The van der Waals surface area contributed by atoms with Crippen molar-refractivity contribution in [3.63, 3.8) is 0 Å². The lowest BCUT2D eigenvalue weighted by atomic mass is 9.81. The molecule has 358 valence electrons. The van der Waals surface area contributed by atoms with Crippen molar-refractivity contribution in [1.29, 1.82) is 0 Å². The molecule has 15 heteroatoms. The Balaban J connectivity index is 1.74. The third-order valence-electron chi connectivity index (χ3n) is 13.7. The molecule has 1 saturated carbocycles. The molecule has 14 unspecified atom stereocenters. The topological polar surface area (TPSA) is 196 Å². The molecule has 3 heterocycles. The molecule has 2 bridgehead atoms. The standard InChI is InChI=1S/C48H78N2O13/c1-11-20-61-39-26-33(17-18-35(39)49-47(56)60-13-3)24-30(6)42-32(8)37(51)27-38(52)34(12-2)22-28(4)21-29(5)23-40(58-9)43-41(59-10)25-31(7)48(57,63-43)44(53)45(54)50-19-15-14-16-36(50)46(55)62-42/h22,24,29,31-37,39-43,51,57H,11-21,23,25-27H2,1-10H3,(H,49,56). The minimum atomic E-state index is -2.52. The zero-order chi connectivity index (χ0) is 46.6. The maximum absolute atomic E-state index is 14.5. The molecule has 0 spiro atoms. The summed E-state index contributed by atoms with van der Waals surface area (Å²) in [6.45, 7) is 15.8. The number of Topliss-reactive ketones (excluding diaryl/α,β-unsaturated/α-hetero) is 2. The van der Waals surface area contributed by atoms with Gasteiger partial charge in [-0.05, 0) is 109 Å². The number of carbonyl (C=O) groups is 5. The summed E-state index contributed by atoms with van der Waals surface area (Å²) >= 11 is 0. The number of esters is 1.